The van der Waals surface area contributed by atoms with Crippen molar-refractivity contribution in [3.05, 3.63) is 47.5 Å². The first-order valence-electron chi connectivity index (χ1n) is 13.1. The van der Waals surface area contributed by atoms with Crippen molar-refractivity contribution in [2.75, 3.05) is 25.6 Å². The number of aliphatic hydroxyl groups excluding tert-OH is 2. The van der Waals surface area contributed by atoms with Crippen molar-refractivity contribution in [3.63, 3.8) is 0 Å². The second-order valence-electron chi connectivity index (χ2n) is 11.3. The summed E-state index contributed by atoms with van der Waals surface area (Å²) in [7, 11) is 0. The molecule has 2 saturated carbocycles. The molecule has 3 heterocycles. The highest BCUT2D eigenvalue weighted by molar-refractivity contribution is 6.18. The molecule has 4 aliphatic rings. The van der Waals surface area contributed by atoms with Crippen molar-refractivity contribution in [3.8, 4) is 0 Å². The van der Waals surface area contributed by atoms with Crippen molar-refractivity contribution in [2.24, 2.45) is 22.7 Å². The van der Waals surface area contributed by atoms with Gasteiger partial charge in [0.1, 0.15) is 11.3 Å². The van der Waals surface area contributed by atoms with Crippen LogP contribution in [-0.2, 0) is 23.8 Å². The van der Waals surface area contributed by atoms with Gasteiger partial charge < -0.3 is 30.2 Å². The molecule has 1 spiro atoms. The zero-order chi connectivity index (χ0) is 27.3. The number of carbonyl (C=O) groups is 2. The van der Waals surface area contributed by atoms with Crippen LogP contribution in [0.2, 0.25) is 0 Å². The van der Waals surface area contributed by atoms with Crippen LogP contribution in [0, 0.1) is 22.7 Å². The van der Waals surface area contributed by atoms with Gasteiger partial charge in [-0.1, -0.05) is 26.0 Å². The third kappa shape index (κ3) is 4.24. The number of cyclic esters (lactones) is 1. The highest BCUT2D eigenvalue weighted by Crippen LogP contribution is 2.65. The first-order chi connectivity index (χ1) is 18.1. The van der Waals surface area contributed by atoms with E-state index in [9.17, 15) is 19.8 Å². The molecule has 6 atom stereocenters. The number of fused-ring (bicyclic) bond motifs is 1. The maximum Gasteiger partial charge on any atom is 0.343 e. The minimum Gasteiger partial charge on any atom is -0.462 e. The Morgan fingerprint density at radius 3 is 2.61 bits per heavy atom. The van der Waals surface area contributed by atoms with Crippen molar-refractivity contribution in [1.82, 2.24) is 9.97 Å². The number of epoxide rings is 1. The minimum absolute atomic E-state index is 0.0242. The summed E-state index contributed by atoms with van der Waals surface area (Å²) in [6.45, 7) is 6.56. The lowest BCUT2D eigenvalue weighted by Crippen LogP contribution is -2.60. The van der Waals surface area contributed by atoms with Crippen LogP contribution in [0.25, 0.3) is 5.57 Å². The first kappa shape index (κ1) is 26.5. The molecule has 10 heteroatoms. The fourth-order valence-corrected chi connectivity index (χ4v) is 7.00. The third-order valence-electron chi connectivity index (χ3n) is 9.18. The van der Waals surface area contributed by atoms with E-state index in [1.165, 1.54) is 18.5 Å². The van der Waals surface area contributed by atoms with E-state index in [0.717, 1.165) is 19.3 Å². The minimum atomic E-state index is -0.665. The monoisotopic (exact) mass is 525 g/mol. The number of carbonyl (C=O) groups excluding carboxylic acids is 2. The molecule has 10 nitrogen and oxygen atoms in total. The molecular weight excluding hydrogens is 490 g/mol. The average molecular weight is 526 g/mol. The second kappa shape index (κ2) is 9.59. The smallest absolute Gasteiger partial charge is 0.343 e. The molecule has 204 valence electrons. The zero-order valence-corrected chi connectivity index (χ0v) is 22.0. The lowest BCUT2D eigenvalue weighted by molar-refractivity contribution is -0.167. The van der Waals surface area contributed by atoms with Gasteiger partial charge in [-0.15, -0.1) is 0 Å². The number of anilines is 1. The molecule has 0 amide bonds. The van der Waals surface area contributed by atoms with Crippen LogP contribution in [0.3, 0.4) is 0 Å². The van der Waals surface area contributed by atoms with Crippen molar-refractivity contribution >= 4 is 23.5 Å². The fraction of sp³-hybridized carbons (Fsp3) is 0.571. The lowest BCUT2D eigenvalue weighted by Gasteiger charge is -2.60. The molecule has 1 aromatic rings. The molecule has 0 radical (unpaired) electrons. The molecule has 5 rings (SSSR count). The van der Waals surface area contributed by atoms with E-state index in [2.05, 4.69) is 16.9 Å². The maximum absolute atomic E-state index is 12.9. The molecule has 4 N–H and O–H groups in total. The van der Waals surface area contributed by atoms with Gasteiger partial charge in [-0.25, -0.2) is 19.6 Å². The number of hydrogen-bond acceptors (Lipinski definition) is 10. The molecule has 0 bridgehead atoms. The molecule has 2 aliphatic heterocycles. The normalized spacial score (nSPS) is 37.6. The Labute approximate surface area is 221 Å². The summed E-state index contributed by atoms with van der Waals surface area (Å²) in [6.07, 6.45) is 10.5. The van der Waals surface area contributed by atoms with Crippen LogP contribution in [0.4, 0.5) is 5.95 Å². The van der Waals surface area contributed by atoms with E-state index in [-0.39, 0.29) is 53.3 Å². The van der Waals surface area contributed by atoms with Gasteiger partial charge in [0.15, 0.2) is 0 Å². The van der Waals surface area contributed by atoms with Gasteiger partial charge in [0.25, 0.3) is 0 Å². The van der Waals surface area contributed by atoms with Gasteiger partial charge in [-0.3, -0.25) is 0 Å². The summed E-state index contributed by atoms with van der Waals surface area (Å²) in [5.41, 5.74) is 5.09. The number of nitrogen functional groups attached to an aromatic ring is 1. The first-order valence-corrected chi connectivity index (χ1v) is 13.1. The van der Waals surface area contributed by atoms with Gasteiger partial charge in [-0.2, -0.15) is 0 Å². The molecule has 0 aromatic carbocycles. The fourth-order valence-electron chi connectivity index (χ4n) is 7.00. The van der Waals surface area contributed by atoms with Crippen molar-refractivity contribution in [1.29, 1.82) is 0 Å². The van der Waals surface area contributed by atoms with Crippen molar-refractivity contribution in [2.45, 2.75) is 58.2 Å². The van der Waals surface area contributed by atoms with Crippen LogP contribution in [-0.4, -0.2) is 63.6 Å². The molecule has 1 saturated heterocycles. The number of esters is 2. The third-order valence-corrected chi connectivity index (χ3v) is 9.18. The summed E-state index contributed by atoms with van der Waals surface area (Å²) >= 11 is 0. The summed E-state index contributed by atoms with van der Waals surface area (Å²) in [6, 6.07) is 0. The lowest BCUT2D eigenvalue weighted by atomic mass is 9.45. The summed E-state index contributed by atoms with van der Waals surface area (Å²) in [5, 5.41) is 21.1. The Bertz CT molecular complexity index is 1220. The van der Waals surface area contributed by atoms with Crippen LogP contribution < -0.4 is 5.73 Å². The van der Waals surface area contributed by atoms with Crippen LogP contribution >= 0.6 is 0 Å². The van der Waals surface area contributed by atoms with Gasteiger partial charge in [0, 0.05) is 29.3 Å². The van der Waals surface area contributed by atoms with Crippen LogP contribution in [0.15, 0.2) is 42.0 Å². The van der Waals surface area contributed by atoms with Crippen LogP contribution in [0.5, 0.6) is 0 Å². The number of ether oxygens (including phenoxy) is 3. The Hall–Kier alpha value is -3.08. The Balaban J connectivity index is 1.50. The SMILES string of the molecule is CCOC(=O)/C(=C1C=C(/C=C/C2C3(CCC4[C@]2(C)CC[C@H](O)[C@@]4(C)CO)CO3)C(=O)O/1)c1cnc(N)nc1. The van der Waals surface area contributed by atoms with Gasteiger partial charge in [-0.05, 0) is 50.0 Å². The van der Waals surface area contributed by atoms with E-state index < -0.39 is 23.5 Å². The molecule has 3 fully saturated rings. The predicted molar refractivity (Wildman–Crippen MR) is 137 cm³/mol. The Morgan fingerprint density at radius 2 is 1.97 bits per heavy atom. The van der Waals surface area contributed by atoms with Crippen molar-refractivity contribution < 1.29 is 34.0 Å². The average Bonchev–Trinajstić information content (AvgIpc) is 3.57. The number of nitrogens with zero attached hydrogens (tertiary/aromatic N) is 2. The van der Waals surface area contributed by atoms with E-state index in [4.69, 9.17) is 19.9 Å². The molecule has 38 heavy (non-hydrogen) atoms. The predicted octanol–water partition coefficient (Wildman–Crippen LogP) is 2.33. The number of allylic oxidation sites excluding steroid dienone is 1. The molecule has 1 aromatic heterocycles. The van der Waals surface area contributed by atoms with Crippen LogP contribution in [0.1, 0.15) is 52.0 Å². The van der Waals surface area contributed by atoms with E-state index >= 15 is 0 Å². The maximum atomic E-state index is 12.9. The van der Waals surface area contributed by atoms with E-state index in [1.54, 1.807) is 13.0 Å². The number of nitrogens with two attached hydrogens (primary N) is 1. The topological polar surface area (TPSA) is 157 Å². The second-order valence-corrected chi connectivity index (χ2v) is 11.3. The number of hydrogen-bond donors (Lipinski definition) is 3. The Morgan fingerprint density at radius 1 is 1.26 bits per heavy atom. The van der Waals surface area contributed by atoms with Gasteiger partial charge in [0.05, 0.1) is 37.1 Å². The van der Waals surface area contributed by atoms with E-state index in [1.807, 2.05) is 13.0 Å². The van der Waals surface area contributed by atoms with Gasteiger partial charge >= 0.3 is 11.9 Å². The molecule has 3 unspecified atom stereocenters. The largest absolute Gasteiger partial charge is 0.462 e. The number of aliphatic hydroxyl groups is 2. The number of rotatable bonds is 6. The molecular formula is C28H35N3O7. The quantitative estimate of drug-likeness (QED) is 0.286. The zero-order valence-electron chi connectivity index (χ0n) is 22.0. The highest BCUT2D eigenvalue weighted by Gasteiger charge is 2.66. The molecule has 2 aliphatic carbocycles. The highest BCUT2D eigenvalue weighted by atomic mass is 16.6. The van der Waals surface area contributed by atoms with E-state index in [0.29, 0.717) is 24.2 Å². The summed E-state index contributed by atoms with van der Waals surface area (Å²) in [5.74, 6) is -1.08. The summed E-state index contributed by atoms with van der Waals surface area (Å²) in [4.78, 5) is 33.5. The van der Waals surface area contributed by atoms with Gasteiger partial charge in [0.2, 0.25) is 5.95 Å². The summed E-state index contributed by atoms with van der Waals surface area (Å²) < 4.78 is 16.7. The standard InChI is InChI=1S/C28H35N3O7/c1-4-36-24(35)22(17-12-30-25(29)31-13-17)18-11-16(23(34)38-18)5-6-20-26(2)9-8-21(33)27(3,14-32)19(26)7-10-28(20)15-37-28/h5-6,11-13,19-21,32-33H,4,7-10,14-15H2,1-3H3,(H2,29,30,31)/b6-5+,22-18-/t19?,20?,21-,26-,27-,28?/m0/s1. The number of aromatic nitrogens is 2. The Kier molecular flexibility index (Phi) is 6.69.